The molecule has 2 rings (SSSR count). The number of fused-ring (bicyclic) bond motifs is 1. The van der Waals surface area contributed by atoms with Gasteiger partial charge in [0.25, 0.3) is 10.0 Å². The molecule has 1 aliphatic rings. The normalized spacial score (nSPS) is 16.4. The lowest BCUT2D eigenvalue weighted by molar-refractivity contribution is 0.592. The topological polar surface area (TPSA) is 58.5 Å². The van der Waals surface area contributed by atoms with Gasteiger partial charge >= 0.3 is 0 Å². The SMILES string of the molecule is CCCSc1cc2c(cc1C)N=CNS2(=O)=O. The number of hydrogen-bond donors (Lipinski definition) is 1. The maximum atomic E-state index is 11.8. The number of aryl methyl sites for hydroxylation is 1. The van der Waals surface area contributed by atoms with E-state index in [2.05, 4.69) is 16.6 Å². The molecule has 0 saturated carbocycles. The second-order valence-electron chi connectivity index (χ2n) is 3.81. The molecule has 0 aliphatic carbocycles. The van der Waals surface area contributed by atoms with E-state index in [9.17, 15) is 8.42 Å². The van der Waals surface area contributed by atoms with Crippen molar-refractivity contribution in [3.8, 4) is 0 Å². The fourth-order valence-electron chi connectivity index (χ4n) is 1.57. The lowest BCUT2D eigenvalue weighted by Gasteiger charge is -2.15. The Labute approximate surface area is 106 Å². The van der Waals surface area contributed by atoms with E-state index in [0.717, 1.165) is 22.6 Å². The number of nitrogens with one attached hydrogen (secondary N) is 1. The van der Waals surface area contributed by atoms with Crippen molar-refractivity contribution < 1.29 is 8.42 Å². The number of thioether (sulfide) groups is 1. The number of rotatable bonds is 3. The molecular formula is C11H14N2O2S2. The van der Waals surface area contributed by atoms with Gasteiger partial charge in [0, 0.05) is 4.90 Å². The van der Waals surface area contributed by atoms with Gasteiger partial charge in [-0.3, -0.25) is 4.72 Å². The standard InChI is InChI=1S/C11H14N2O2S2/c1-3-4-16-10-6-11-9(5-8(10)2)12-7-13-17(11,14)15/h5-7H,3-4H2,1-2H3,(H,12,13). The highest BCUT2D eigenvalue weighted by Crippen LogP contribution is 2.34. The Morgan fingerprint density at radius 1 is 1.41 bits per heavy atom. The average molecular weight is 270 g/mol. The first-order chi connectivity index (χ1) is 8.04. The third-order valence-corrected chi connectivity index (χ3v) is 5.10. The van der Waals surface area contributed by atoms with Crippen LogP contribution in [0.15, 0.2) is 26.9 Å². The van der Waals surface area contributed by atoms with Gasteiger partial charge in [0.2, 0.25) is 0 Å². The van der Waals surface area contributed by atoms with Crippen LogP contribution in [0.1, 0.15) is 18.9 Å². The highest BCUT2D eigenvalue weighted by molar-refractivity contribution is 7.99. The Balaban J connectivity index is 2.50. The van der Waals surface area contributed by atoms with E-state index in [0.29, 0.717) is 5.69 Å². The summed E-state index contributed by atoms with van der Waals surface area (Å²) in [7, 11) is -3.42. The van der Waals surface area contributed by atoms with Crippen LogP contribution < -0.4 is 4.72 Å². The molecule has 1 aromatic rings. The lowest BCUT2D eigenvalue weighted by atomic mass is 10.2. The van der Waals surface area contributed by atoms with Crippen molar-refractivity contribution in [2.45, 2.75) is 30.1 Å². The molecule has 0 bridgehead atoms. The van der Waals surface area contributed by atoms with E-state index in [1.807, 2.05) is 13.0 Å². The van der Waals surface area contributed by atoms with E-state index < -0.39 is 10.0 Å². The molecule has 92 valence electrons. The zero-order chi connectivity index (χ0) is 12.5. The average Bonchev–Trinajstić information content (AvgIpc) is 2.26. The van der Waals surface area contributed by atoms with Gasteiger partial charge < -0.3 is 0 Å². The Morgan fingerprint density at radius 2 is 2.18 bits per heavy atom. The number of aliphatic imine (C=N–C) groups is 1. The molecule has 0 saturated heterocycles. The summed E-state index contributed by atoms with van der Waals surface area (Å²) >= 11 is 1.68. The largest absolute Gasteiger partial charge is 0.270 e. The van der Waals surface area contributed by atoms with Gasteiger partial charge in [-0.15, -0.1) is 11.8 Å². The van der Waals surface area contributed by atoms with Crippen LogP contribution in [0.5, 0.6) is 0 Å². The van der Waals surface area contributed by atoms with E-state index in [-0.39, 0.29) is 4.90 Å². The quantitative estimate of drug-likeness (QED) is 0.858. The molecule has 1 aliphatic heterocycles. The number of nitrogens with zero attached hydrogens (tertiary/aromatic N) is 1. The van der Waals surface area contributed by atoms with Crippen LogP contribution in [-0.2, 0) is 10.0 Å². The maximum absolute atomic E-state index is 11.8. The molecule has 0 fully saturated rings. The van der Waals surface area contributed by atoms with Crippen molar-refractivity contribution in [1.82, 2.24) is 4.72 Å². The van der Waals surface area contributed by atoms with Gasteiger partial charge in [-0.2, -0.15) is 0 Å². The molecule has 1 N–H and O–H groups in total. The molecule has 1 heterocycles. The van der Waals surface area contributed by atoms with Gasteiger partial charge in [-0.1, -0.05) is 6.92 Å². The van der Waals surface area contributed by atoms with Crippen molar-refractivity contribution in [1.29, 1.82) is 0 Å². The molecule has 17 heavy (non-hydrogen) atoms. The van der Waals surface area contributed by atoms with Gasteiger partial charge in [0.1, 0.15) is 11.2 Å². The first-order valence-electron chi connectivity index (χ1n) is 5.37. The zero-order valence-corrected chi connectivity index (χ0v) is 11.4. The van der Waals surface area contributed by atoms with Crippen LogP contribution in [0.2, 0.25) is 0 Å². The summed E-state index contributed by atoms with van der Waals surface area (Å²) in [4.78, 5) is 5.32. The summed E-state index contributed by atoms with van der Waals surface area (Å²) in [5.74, 6) is 0.983. The minimum absolute atomic E-state index is 0.268. The fourth-order valence-corrected chi connectivity index (χ4v) is 3.53. The monoisotopic (exact) mass is 270 g/mol. The Kier molecular flexibility index (Phi) is 3.44. The van der Waals surface area contributed by atoms with Crippen LogP contribution in [0.4, 0.5) is 5.69 Å². The predicted molar refractivity (Wildman–Crippen MR) is 70.7 cm³/mol. The van der Waals surface area contributed by atoms with Gasteiger partial charge in [0.15, 0.2) is 0 Å². The number of hydrogen-bond acceptors (Lipinski definition) is 4. The highest BCUT2D eigenvalue weighted by Gasteiger charge is 2.22. The summed E-state index contributed by atoms with van der Waals surface area (Å²) in [6.07, 6.45) is 2.28. The molecule has 0 amide bonds. The van der Waals surface area contributed by atoms with Crippen LogP contribution in [0.3, 0.4) is 0 Å². The van der Waals surface area contributed by atoms with E-state index in [4.69, 9.17) is 0 Å². The van der Waals surface area contributed by atoms with Gasteiger partial charge in [-0.05, 0) is 36.8 Å². The van der Waals surface area contributed by atoms with Crippen molar-refractivity contribution in [3.63, 3.8) is 0 Å². The second kappa shape index (κ2) is 4.70. The van der Waals surface area contributed by atoms with Crippen LogP contribution in [-0.4, -0.2) is 20.5 Å². The summed E-state index contributed by atoms with van der Waals surface area (Å²) in [5, 5.41) is 0. The maximum Gasteiger partial charge on any atom is 0.264 e. The Hall–Kier alpha value is -1.01. The Bertz CT molecular complexity index is 565. The Morgan fingerprint density at radius 3 is 2.88 bits per heavy atom. The summed E-state index contributed by atoms with van der Waals surface area (Å²) in [6, 6.07) is 3.53. The second-order valence-corrected chi connectivity index (χ2v) is 6.63. The molecule has 0 aromatic heterocycles. The summed E-state index contributed by atoms with van der Waals surface area (Å²) in [5.41, 5.74) is 1.58. The summed E-state index contributed by atoms with van der Waals surface area (Å²) in [6.45, 7) is 4.08. The molecule has 0 unspecified atom stereocenters. The molecule has 0 spiro atoms. The lowest BCUT2D eigenvalue weighted by Crippen LogP contribution is -2.24. The van der Waals surface area contributed by atoms with Gasteiger partial charge in [-0.25, -0.2) is 13.4 Å². The highest BCUT2D eigenvalue weighted by atomic mass is 32.2. The molecule has 6 heteroatoms. The van der Waals surface area contributed by atoms with Crippen molar-refractivity contribution in [2.24, 2.45) is 4.99 Å². The van der Waals surface area contributed by atoms with E-state index >= 15 is 0 Å². The molecule has 4 nitrogen and oxygen atoms in total. The molecule has 0 radical (unpaired) electrons. The number of benzene rings is 1. The van der Waals surface area contributed by atoms with E-state index in [1.165, 1.54) is 6.34 Å². The first-order valence-corrected chi connectivity index (χ1v) is 7.84. The third kappa shape index (κ3) is 2.47. The molecular weight excluding hydrogens is 256 g/mol. The van der Waals surface area contributed by atoms with E-state index in [1.54, 1.807) is 17.8 Å². The zero-order valence-electron chi connectivity index (χ0n) is 9.73. The van der Waals surface area contributed by atoms with Crippen molar-refractivity contribution in [2.75, 3.05) is 5.75 Å². The van der Waals surface area contributed by atoms with Gasteiger partial charge in [0.05, 0.1) is 5.69 Å². The van der Waals surface area contributed by atoms with Crippen LogP contribution in [0.25, 0.3) is 0 Å². The minimum Gasteiger partial charge on any atom is -0.270 e. The number of sulfonamides is 1. The molecule has 0 atom stereocenters. The van der Waals surface area contributed by atoms with Crippen LogP contribution in [0, 0.1) is 6.92 Å². The minimum atomic E-state index is -3.42. The third-order valence-electron chi connectivity index (χ3n) is 2.42. The first kappa shape index (κ1) is 12.4. The fraction of sp³-hybridized carbons (Fsp3) is 0.364. The predicted octanol–water partition coefficient (Wildman–Crippen LogP) is 2.45. The van der Waals surface area contributed by atoms with Crippen molar-refractivity contribution in [3.05, 3.63) is 17.7 Å². The summed E-state index contributed by atoms with van der Waals surface area (Å²) < 4.78 is 25.9. The van der Waals surface area contributed by atoms with Crippen molar-refractivity contribution >= 4 is 33.8 Å². The smallest absolute Gasteiger partial charge is 0.264 e. The molecule has 1 aromatic carbocycles. The van der Waals surface area contributed by atoms with Crippen LogP contribution >= 0.6 is 11.8 Å².